The van der Waals surface area contributed by atoms with Crippen molar-refractivity contribution in [1.82, 2.24) is 25.3 Å². The maximum Gasteiger partial charge on any atom is 0.407 e. The summed E-state index contributed by atoms with van der Waals surface area (Å²) in [6, 6.07) is 37.3. The Hall–Kier alpha value is -11.4. The summed E-state index contributed by atoms with van der Waals surface area (Å²) in [5.74, 6) is 8.81. The lowest BCUT2D eigenvalue weighted by Gasteiger charge is -2.20. The number of oxazole rings is 4. The Morgan fingerprint density at radius 3 is 1.28 bits per heavy atom. The Balaban J connectivity index is 0.000000148. The maximum absolute atomic E-state index is 13.1. The summed E-state index contributed by atoms with van der Waals surface area (Å²) in [6.45, 7) is 7.42. The number of aromatic hydroxyl groups is 3. The highest BCUT2D eigenvalue weighted by atomic mass is 32.2. The number of nitrogens with two attached hydrogens (primary N) is 2. The van der Waals surface area contributed by atoms with Crippen molar-refractivity contribution in [3.05, 3.63) is 186 Å². The van der Waals surface area contributed by atoms with Crippen LogP contribution in [0.15, 0.2) is 180 Å². The van der Waals surface area contributed by atoms with Crippen molar-refractivity contribution < 1.29 is 92.7 Å². The van der Waals surface area contributed by atoms with Gasteiger partial charge in [0, 0.05) is 90.2 Å². The van der Waals surface area contributed by atoms with E-state index in [1.165, 1.54) is 116 Å². The molecule has 26 nitrogen and oxygen atoms in total. The van der Waals surface area contributed by atoms with Gasteiger partial charge in [-0.3, -0.25) is 9.35 Å². The van der Waals surface area contributed by atoms with Crippen LogP contribution in [0.4, 0.5) is 25.0 Å². The molecule has 7 aromatic carbocycles. The number of nitrogens with one attached hydrogen (secondary N) is 2. The molecule has 11 aromatic rings. The van der Waals surface area contributed by atoms with Crippen molar-refractivity contribution >= 4 is 77.9 Å². The number of fused-ring (bicyclic) bond motifs is 4. The van der Waals surface area contributed by atoms with Gasteiger partial charge in [0.15, 0.2) is 45.9 Å². The highest BCUT2D eigenvalue weighted by Crippen LogP contribution is 2.41. The topological polar surface area (TPSA) is 385 Å². The Morgan fingerprint density at radius 1 is 0.508 bits per heavy atom. The molecule has 118 heavy (non-hydrogen) atoms. The second-order valence-corrected chi connectivity index (χ2v) is 32.0. The van der Waals surface area contributed by atoms with Crippen molar-refractivity contribution in [3.63, 3.8) is 0 Å². The van der Waals surface area contributed by atoms with Gasteiger partial charge in [-0.25, -0.2) is 33.5 Å². The molecule has 4 heterocycles. The predicted molar refractivity (Wildman–Crippen MR) is 447 cm³/mol. The van der Waals surface area contributed by atoms with Crippen LogP contribution in [-0.2, 0) is 19.6 Å². The maximum atomic E-state index is 13.1. The Kier molecular flexibility index (Phi) is 32.5. The van der Waals surface area contributed by atoms with E-state index in [0.717, 1.165) is 114 Å². The first-order valence-corrected chi connectivity index (χ1v) is 41.4. The lowest BCUT2D eigenvalue weighted by atomic mass is 10.1. The van der Waals surface area contributed by atoms with E-state index in [1.807, 2.05) is 43.3 Å². The van der Waals surface area contributed by atoms with Gasteiger partial charge in [-0.15, -0.1) is 0 Å². The van der Waals surface area contributed by atoms with E-state index in [0.29, 0.717) is 93.0 Å². The Labute approximate surface area is 685 Å². The minimum Gasteiger partial charge on any atom is -0.508 e. The van der Waals surface area contributed by atoms with Crippen LogP contribution in [-0.4, -0.2) is 113 Å². The number of amides is 2. The third-order valence-corrected chi connectivity index (χ3v) is 21.5. The highest BCUT2D eigenvalue weighted by Gasteiger charge is 2.28. The van der Waals surface area contributed by atoms with E-state index in [4.69, 9.17) is 67.2 Å². The molecule has 4 aromatic heterocycles. The predicted octanol–water partition coefficient (Wildman–Crippen LogP) is 20.4. The van der Waals surface area contributed by atoms with Gasteiger partial charge in [-0.2, -0.15) is 8.42 Å². The van der Waals surface area contributed by atoms with E-state index < -0.39 is 21.8 Å². The van der Waals surface area contributed by atoms with Crippen LogP contribution in [0.2, 0.25) is 0 Å². The second-order valence-electron chi connectivity index (χ2n) is 30.6. The zero-order chi connectivity index (χ0) is 84.3. The average molecular weight is 1650 g/mol. The molecular formula is C89H108F2N8O18S. The fraction of sp³-hybridized carbons (Fsp3) is 0.416. The lowest BCUT2D eigenvalue weighted by Crippen LogP contribution is -2.34. The number of phenolic OH excluding ortho intramolecular Hbond substituents is 3. The first-order chi connectivity index (χ1) is 56.8. The summed E-state index contributed by atoms with van der Waals surface area (Å²) < 4.78 is 110. The molecule has 0 aliphatic heterocycles. The standard InChI is InChI=1S/C21H27FN2O4.C16H19FN2O2.C13H17NO3.C13H15NO2.C12H13NO2.C7H9NO2.C7H8O3S/c1-21(2,3)28-20(25)23-12-14(11-22)13-26-16-8-9-17-18(10-16)27-19(24-17)15-6-4-5-7-15;17-8-11(9-18)10-20-13-5-6-14-15(7-13)21-16(19-14)12-3-1-2-4-12;1-17-10-6-7-11(12(15)8-10)14-13(16)9-4-2-3-5-9;1-15-10-6-7-11-12(8-10)16-13(14-11)9-4-2-3-5-9;14-9-5-6-10-11(7-9)15-12(13-10)8-3-1-2-4-8;1-10-5-2-3-6(8)7(9)4-5;1-6-2-4-7(5-3-6)11(8,9)10/h8-11,15H,4-7,12-13H2,1-3H3,(H,23,25);5-8,12H,1-4,9-10,18H2;6-9,15H,2-5H2,1H3,(H,14,16);6-9H,2-5H2,1H3;5-8,14H,1-4H2;2-4,9H,8H2,1H3;2-5H,1H3,(H,8,9,10)/b14-11+;11-8+;;;;;. The normalized spacial score (nSPS) is 15.4. The first kappa shape index (κ1) is 88.9. The molecule has 0 spiro atoms. The van der Waals surface area contributed by atoms with Gasteiger partial charge in [-0.05, 0) is 177 Å². The molecule has 0 saturated heterocycles. The minimum atomic E-state index is -4.02. The molecule has 0 unspecified atom stereocenters. The smallest absolute Gasteiger partial charge is 0.407 e. The van der Waals surface area contributed by atoms with Gasteiger partial charge in [-0.1, -0.05) is 81.9 Å². The number of nitrogens with zero attached hydrogens (tertiary/aromatic N) is 4. The van der Waals surface area contributed by atoms with Crippen molar-refractivity contribution in [3.8, 4) is 46.0 Å². The number of aromatic nitrogens is 4. The average Bonchev–Trinajstić information content (AvgIpc) is 1.68. The SMILES string of the molecule is CC(C)(C)OC(=O)NC/C(=C\F)COc1ccc2nc(C3CCCC3)oc2c1.COc1ccc(N)c(O)c1.COc1ccc(NC(=O)C2CCCC2)c(O)c1.COc1ccc2nc(C3CCCC3)oc2c1.Cc1ccc(S(=O)(=O)O)cc1.NC/C(=C\F)COc1ccc2nc(C3CCCC3)oc2c1.Oc1ccc2nc(C3CCCC3)oc2c1. The monoisotopic (exact) mass is 1650 g/mol. The first-order valence-electron chi connectivity index (χ1n) is 40.0. The number of phenols is 3. The molecule has 5 aliphatic rings. The fourth-order valence-corrected chi connectivity index (χ4v) is 14.5. The number of aryl methyl sites for hydroxylation is 1. The summed E-state index contributed by atoms with van der Waals surface area (Å²) in [7, 11) is 0.709. The van der Waals surface area contributed by atoms with E-state index >= 15 is 0 Å². The van der Waals surface area contributed by atoms with Gasteiger partial charge in [0.05, 0.1) is 50.3 Å². The van der Waals surface area contributed by atoms with Crippen molar-refractivity contribution in [1.29, 1.82) is 0 Å². The van der Waals surface area contributed by atoms with Crippen molar-refractivity contribution in [2.24, 2.45) is 11.7 Å². The number of hydrogen-bond donors (Lipinski definition) is 8. The minimum absolute atomic E-state index is 0.00141. The van der Waals surface area contributed by atoms with Crippen LogP contribution in [0.5, 0.6) is 46.0 Å². The van der Waals surface area contributed by atoms with E-state index in [9.17, 15) is 37.0 Å². The van der Waals surface area contributed by atoms with Gasteiger partial charge in [0.2, 0.25) is 5.91 Å². The molecule has 29 heteroatoms. The number of nitrogen functional groups attached to an aromatic ring is 1. The van der Waals surface area contributed by atoms with Gasteiger partial charge < -0.3 is 83.5 Å². The summed E-state index contributed by atoms with van der Waals surface area (Å²) in [5.41, 5.74) is 18.9. The number of methoxy groups -OCH3 is 3. The number of alkyl carbamates (subject to hydrolysis) is 1. The molecule has 0 atom stereocenters. The highest BCUT2D eigenvalue weighted by molar-refractivity contribution is 7.85. The molecule has 5 aliphatic carbocycles. The largest absolute Gasteiger partial charge is 0.508 e. The van der Waals surface area contributed by atoms with Gasteiger partial charge in [0.25, 0.3) is 10.1 Å². The Bertz CT molecular complexity index is 5240. The fourth-order valence-electron chi connectivity index (χ4n) is 14.0. The third-order valence-electron chi connectivity index (χ3n) is 20.6. The number of hydrogen-bond acceptors (Lipinski definition) is 23. The molecule has 16 rings (SSSR count). The molecule has 10 N–H and O–H groups in total. The Morgan fingerprint density at radius 2 is 0.881 bits per heavy atom. The molecule has 0 bridgehead atoms. The molecular weight excluding hydrogens is 1540 g/mol. The summed E-state index contributed by atoms with van der Waals surface area (Å²) >= 11 is 0. The van der Waals surface area contributed by atoms with Crippen LogP contribution in [0.1, 0.15) is 202 Å². The van der Waals surface area contributed by atoms with Gasteiger partial charge in [0.1, 0.15) is 86.9 Å². The van der Waals surface area contributed by atoms with Crippen LogP contribution in [0.25, 0.3) is 44.4 Å². The number of ether oxygens (including phenoxy) is 6. The lowest BCUT2D eigenvalue weighted by molar-refractivity contribution is -0.119. The zero-order valence-electron chi connectivity index (χ0n) is 67.8. The number of anilines is 2. The third kappa shape index (κ3) is 26.5. The molecule has 5 saturated carbocycles. The summed E-state index contributed by atoms with van der Waals surface area (Å²) in [4.78, 5) is 41.6. The van der Waals surface area contributed by atoms with E-state index in [-0.39, 0.29) is 65.8 Å². The molecule has 632 valence electrons. The van der Waals surface area contributed by atoms with Crippen LogP contribution in [0, 0.1) is 12.8 Å². The second kappa shape index (κ2) is 43.1. The molecule has 0 radical (unpaired) electrons. The number of carbonyl (C=O) groups excluding carboxylic acids is 2. The summed E-state index contributed by atoms with van der Waals surface area (Å²) in [5, 5.41) is 33.3. The number of benzene rings is 7. The van der Waals surface area contributed by atoms with Gasteiger partial charge >= 0.3 is 6.09 Å². The van der Waals surface area contributed by atoms with Crippen LogP contribution in [0.3, 0.4) is 0 Å². The zero-order valence-corrected chi connectivity index (χ0v) is 68.6. The van der Waals surface area contributed by atoms with Crippen molar-refractivity contribution in [2.75, 3.05) is 58.7 Å². The molecule has 5 fully saturated rings. The number of halogens is 2. The van der Waals surface area contributed by atoms with Crippen LogP contribution < -0.4 is 45.8 Å². The molecule has 2 amide bonds. The van der Waals surface area contributed by atoms with Crippen molar-refractivity contribution in [2.45, 2.75) is 190 Å². The van der Waals surface area contributed by atoms with E-state index in [1.54, 1.807) is 101 Å². The summed E-state index contributed by atoms with van der Waals surface area (Å²) in [6.07, 6.45) is 23.8. The van der Waals surface area contributed by atoms with E-state index in [2.05, 4.69) is 30.6 Å². The number of carbonyl (C=O) groups is 2. The van der Waals surface area contributed by atoms with Crippen LogP contribution >= 0.6 is 0 Å². The number of rotatable bonds is 19. The quantitative estimate of drug-likeness (QED) is 0.0212.